The first-order chi connectivity index (χ1) is 7.41. The van der Waals surface area contributed by atoms with Crippen LogP contribution in [0, 0.1) is 19.7 Å². The summed E-state index contributed by atoms with van der Waals surface area (Å²) in [6.07, 6.45) is 0. The Morgan fingerprint density at radius 3 is 2.38 bits per heavy atom. The molecule has 1 rings (SSSR count). The molecule has 0 aliphatic heterocycles. The van der Waals surface area contributed by atoms with Crippen molar-refractivity contribution in [3.05, 3.63) is 34.6 Å². The van der Waals surface area contributed by atoms with Gasteiger partial charge in [-0.05, 0) is 37.5 Å². The fourth-order valence-corrected chi connectivity index (χ4v) is 1.49. The number of hydrogen-bond donors (Lipinski definition) is 2. The molecule has 1 aromatic rings. The molecule has 1 amide bonds. The molecule has 0 aromatic heterocycles. The Morgan fingerprint density at radius 2 is 1.94 bits per heavy atom. The van der Waals surface area contributed by atoms with Crippen LogP contribution < -0.4 is 11.1 Å². The second kappa shape index (κ2) is 5.07. The van der Waals surface area contributed by atoms with Crippen molar-refractivity contribution in [2.24, 2.45) is 5.73 Å². The molecular formula is C12H17FN2O. The van der Waals surface area contributed by atoms with E-state index in [0.29, 0.717) is 17.7 Å². The van der Waals surface area contributed by atoms with Gasteiger partial charge in [-0.15, -0.1) is 0 Å². The van der Waals surface area contributed by atoms with Gasteiger partial charge in [0.15, 0.2) is 0 Å². The van der Waals surface area contributed by atoms with E-state index in [4.69, 9.17) is 5.73 Å². The number of carbonyl (C=O) groups is 1. The highest BCUT2D eigenvalue weighted by Crippen LogP contribution is 2.14. The number of aryl methyl sites for hydroxylation is 2. The quantitative estimate of drug-likeness (QED) is 0.815. The van der Waals surface area contributed by atoms with Gasteiger partial charge in [-0.25, -0.2) is 4.39 Å². The molecule has 0 unspecified atom stereocenters. The van der Waals surface area contributed by atoms with Gasteiger partial charge in [0.1, 0.15) is 5.82 Å². The summed E-state index contributed by atoms with van der Waals surface area (Å²) >= 11 is 0. The minimum Gasteiger partial charge on any atom is -0.351 e. The SMILES string of the molecule is Cc1cc(CNC(=O)[C@H](C)N)cc(C)c1F. The third kappa shape index (κ3) is 3.03. The van der Waals surface area contributed by atoms with Gasteiger partial charge >= 0.3 is 0 Å². The lowest BCUT2D eigenvalue weighted by Gasteiger charge is -2.10. The summed E-state index contributed by atoms with van der Waals surface area (Å²) in [5.41, 5.74) is 7.47. The van der Waals surface area contributed by atoms with E-state index in [9.17, 15) is 9.18 Å². The number of rotatable bonds is 3. The van der Waals surface area contributed by atoms with Gasteiger partial charge in [0.2, 0.25) is 5.91 Å². The van der Waals surface area contributed by atoms with E-state index < -0.39 is 6.04 Å². The van der Waals surface area contributed by atoms with Crippen molar-refractivity contribution in [3.8, 4) is 0 Å². The number of halogens is 1. The summed E-state index contributed by atoms with van der Waals surface area (Å²) < 4.78 is 13.3. The third-order valence-corrected chi connectivity index (χ3v) is 2.38. The Bertz CT molecular complexity index is 379. The maximum atomic E-state index is 13.3. The second-order valence-corrected chi connectivity index (χ2v) is 4.05. The summed E-state index contributed by atoms with van der Waals surface area (Å²) in [4.78, 5) is 11.2. The molecular weight excluding hydrogens is 207 g/mol. The van der Waals surface area contributed by atoms with E-state index in [1.54, 1.807) is 32.9 Å². The van der Waals surface area contributed by atoms with Gasteiger partial charge in [0.25, 0.3) is 0 Å². The van der Waals surface area contributed by atoms with Crippen LogP contribution in [0.15, 0.2) is 12.1 Å². The van der Waals surface area contributed by atoms with Gasteiger partial charge in [-0.1, -0.05) is 12.1 Å². The average molecular weight is 224 g/mol. The van der Waals surface area contributed by atoms with E-state index in [1.165, 1.54) is 0 Å². The first-order valence-electron chi connectivity index (χ1n) is 5.20. The van der Waals surface area contributed by atoms with Crippen LogP contribution in [0.1, 0.15) is 23.6 Å². The summed E-state index contributed by atoms with van der Waals surface area (Å²) in [5, 5.41) is 2.69. The lowest BCUT2D eigenvalue weighted by atomic mass is 10.1. The molecule has 0 aliphatic rings. The third-order valence-electron chi connectivity index (χ3n) is 2.38. The molecule has 0 radical (unpaired) electrons. The van der Waals surface area contributed by atoms with E-state index in [0.717, 1.165) is 5.56 Å². The van der Waals surface area contributed by atoms with Crippen molar-refractivity contribution in [1.82, 2.24) is 5.32 Å². The molecule has 16 heavy (non-hydrogen) atoms. The van der Waals surface area contributed by atoms with Crippen LogP contribution in [-0.4, -0.2) is 11.9 Å². The van der Waals surface area contributed by atoms with Crippen molar-refractivity contribution in [3.63, 3.8) is 0 Å². The van der Waals surface area contributed by atoms with Crippen LogP contribution in [0.2, 0.25) is 0 Å². The van der Waals surface area contributed by atoms with E-state index in [1.807, 2.05) is 0 Å². The molecule has 88 valence electrons. The molecule has 0 heterocycles. The number of amides is 1. The molecule has 0 aliphatic carbocycles. The van der Waals surface area contributed by atoms with Gasteiger partial charge in [0.05, 0.1) is 6.04 Å². The van der Waals surface area contributed by atoms with Gasteiger partial charge < -0.3 is 11.1 Å². The highest BCUT2D eigenvalue weighted by atomic mass is 19.1. The summed E-state index contributed by atoms with van der Waals surface area (Å²) in [5.74, 6) is -0.401. The summed E-state index contributed by atoms with van der Waals surface area (Å²) in [6.45, 7) is 5.41. The molecule has 1 atom stereocenters. The van der Waals surface area contributed by atoms with Crippen LogP contribution in [-0.2, 0) is 11.3 Å². The van der Waals surface area contributed by atoms with E-state index in [2.05, 4.69) is 5.32 Å². The molecule has 4 heteroatoms. The summed E-state index contributed by atoms with van der Waals surface area (Å²) in [6, 6.07) is 2.93. The van der Waals surface area contributed by atoms with Gasteiger partial charge in [-0.2, -0.15) is 0 Å². The Morgan fingerprint density at radius 1 is 1.44 bits per heavy atom. The fraction of sp³-hybridized carbons (Fsp3) is 0.417. The van der Waals surface area contributed by atoms with E-state index >= 15 is 0 Å². The van der Waals surface area contributed by atoms with Crippen molar-refractivity contribution >= 4 is 5.91 Å². The number of carbonyl (C=O) groups excluding carboxylic acids is 1. The zero-order valence-corrected chi connectivity index (χ0v) is 9.80. The highest BCUT2D eigenvalue weighted by Gasteiger charge is 2.08. The monoisotopic (exact) mass is 224 g/mol. The van der Waals surface area contributed by atoms with Crippen molar-refractivity contribution in [1.29, 1.82) is 0 Å². The highest BCUT2D eigenvalue weighted by molar-refractivity contribution is 5.80. The van der Waals surface area contributed by atoms with Crippen LogP contribution in [0.25, 0.3) is 0 Å². The maximum Gasteiger partial charge on any atom is 0.236 e. The zero-order valence-electron chi connectivity index (χ0n) is 9.80. The molecule has 0 spiro atoms. The predicted molar refractivity (Wildman–Crippen MR) is 61.4 cm³/mol. The normalized spacial score (nSPS) is 12.3. The minimum absolute atomic E-state index is 0.192. The lowest BCUT2D eigenvalue weighted by Crippen LogP contribution is -2.37. The Hall–Kier alpha value is -1.42. The van der Waals surface area contributed by atoms with Crippen LogP contribution in [0.4, 0.5) is 4.39 Å². The van der Waals surface area contributed by atoms with Crippen LogP contribution >= 0.6 is 0 Å². The number of hydrogen-bond acceptors (Lipinski definition) is 2. The first kappa shape index (κ1) is 12.6. The standard InChI is InChI=1S/C12H17FN2O/c1-7-4-10(5-8(2)11(7)13)6-15-12(16)9(3)14/h4-5,9H,6,14H2,1-3H3,(H,15,16)/t9-/m0/s1. The molecule has 3 nitrogen and oxygen atoms in total. The largest absolute Gasteiger partial charge is 0.351 e. The molecule has 1 aromatic carbocycles. The van der Waals surface area contributed by atoms with Crippen LogP contribution in [0.5, 0.6) is 0 Å². The Labute approximate surface area is 94.8 Å². The van der Waals surface area contributed by atoms with Crippen molar-refractivity contribution in [2.75, 3.05) is 0 Å². The number of nitrogens with one attached hydrogen (secondary N) is 1. The van der Waals surface area contributed by atoms with Crippen LogP contribution in [0.3, 0.4) is 0 Å². The average Bonchev–Trinajstić information content (AvgIpc) is 2.22. The Balaban J connectivity index is 2.72. The molecule has 0 fully saturated rings. The second-order valence-electron chi connectivity index (χ2n) is 4.05. The van der Waals surface area contributed by atoms with E-state index in [-0.39, 0.29) is 11.7 Å². The first-order valence-corrected chi connectivity index (χ1v) is 5.20. The summed E-state index contributed by atoms with van der Waals surface area (Å²) in [7, 11) is 0. The predicted octanol–water partition coefficient (Wildman–Crippen LogP) is 1.41. The van der Waals surface area contributed by atoms with Gasteiger partial charge in [-0.3, -0.25) is 4.79 Å². The van der Waals surface area contributed by atoms with Gasteiger partial charge in [0, 0.05) is 6.54 Å². The molecule has 0 saturated carbocycles. The zero-order chi connectivity index (χ0) is 12.3. The van der Waals surface area contributed by atoms with Crippen molar-refractivity contribution < 1.29 is 9.18 Å². The molecule has 0 saturated heterocycles. The van der Waals surface area contributed by atoms with Crippen molar-refractivity contribution in [2.45, 2.75) is 33.4 Å². The molecule has 0 bridgehead atoms. The molecule has 3 N–H and O–H groups in total. The minimum atomic E-state index is -0.525. The smallest absolute Gasteiger partial charge is 0.236 e. The number of nitrogens with two attached hydrogens (primary N) is 1. The topological polar surface area (TPSA) is 55.1 Å². The Kier molecular flexibility index (Phi) is 4.01. The lowest BCUT2D eigenvalue weighted by molar-refractivity contribution is -0.122. The number of benzene rings is 1. The maximum absolute atomic E-state index is 13.3. The fourth-order valence-electron chi connectivity index (χ4n) is 1.49.